The maximum absolute atomic E-state index is 13.6. The van der Waals surface area contributed by atoms with Gasteiger partial charge >= 0.3 is 5.97 Å². The zero-order valence-corrected chi connectivity index (χ0v) is 35.5. The van der Waals surface area contributed by atoms with Gasteiger partial charge in [-0.3, -0.25) is 24.3 Å². The highest BCUT2D eigenvalue weighted by atomic mass is 35.5. The molecule has 2 N–H and O–H groups in total. The third-order valence-electron chi connectivity index (χ3n) is 13.8. The number of nitrogens with zero attached hydrogens (tertiary/aromatic N) is 4. The number of fused-ring (bicyclic) bond motifs is 4. The van der Waals surface area contributed by atoms with Gasteiger partial charge in [0.15, 0.2) is 0 Å². The summed E-state index contributed by atoms with van der Waals surface area (Å²) >= 11 is 6.41. The number of sulfonamides is 1. The van der Waals surface area contributed by atoms with Gasteiger partial charge in [0, 0.05) is 82.1 Å². The van der Waals surface area contributed by atoms with Crippen LogP contribution in [-0.2, 0) is 32.6 Å². The quantitative estimate of drug-likeness (QED) is 0.397. The number of aryl methyl sites for hydroxylation is 1. The summed E-state index contributed by atoms with van der Waals surface area (Å²) in [5, 5.41) is 12.9. The molecule has 5 aliphatic rings. The van der Waals surface area contributed by atoms with Crippen LogP contribution < -0.4 is 14.4 Å². The first-order valence-electron chi connectivity index (χ1n) is 21.1. The Hall–Kier alpha value is -2.94. The molecule has 2 aromatic carbocycles. The Labute approximate surface area is 344 Å². The van der Waals surface area contributed by atoms with E-state index >= 15 is 0 Å². The number of piperazine rings is 2. The van der Waals surface area contributed by atoms with Gasteiger partial charge in [-0.2, -0.15) is 0 Å². The number of hydrogen-bond acceptors (Lipinski definition) is 11. The summed E-state index contributed by atoms with van der Waals surface area (Å²) in [6.45, 7) is 12.1. The van der Waals surface area contributed by atoms with Gasteiger partial charge in [-0.15, -0.1) is 0 Å². The molecule has 57 heavy (non-hydrogen) atoms. The van der Waals surface area contributed by atoms with Gasteiger partial charge in [-0.05, 0) is 111 Å². The van der Waals surface area contributed by atoms with Crippen molar-refractivity contribution in [1.29, 1.82) is 0 Å². The van der Waals surface area contributed by atoms with Gasteiger partial charge in [-0.25, -0.2) is 13.1 Å². The van der Waals surface area contributed by atoms with Crippen LogP contribution in [0.5, 0.6) is 5.75 Å². The molecule has 1 saturated carbocycles. The monoisotopic (exact) mass is 827 g/mol. The molecule has 4 heterocycles. The molecule has 314 valence electrons. The van der Waals surface area contributed by atoms with E-state index in [-0.39, 0.29) is 29.3 Å². The van der Waals surface area contributed by atoms with Gasteiger partial charge < -0.3 is 19.5 Å². The summed E-state index contributed by atoms with van der Waals surface area (Å²) < 4.78 is 41.1. The average Bonchev–Trinajstić information content (AvgIpc) is 3.20. The lowest BCUT2D eigenvalue weighted by atomic mass is 9.62. The van der Waals surface area contributed by atoms with Crippen LogP contribution in [0.2, 0.25) is 5.02 Å². The fraction of sp³-hybridized carbons (Fsp3) is 0.674. The Balaban J connectivity index is 1.16. The molecule has 0 unspecified atom stereocenters. The maximum Gasteiger partial charge on any atom is 0.306 e. The fourth-order valence-electron chi connectivity index (χ4n) is 9.96. The summed E-state index contributed by atoms with van der Waals surface area (Å²) in [4.78, 5) is 35.2. The van der Waals surface area contributed by atoms with E-state index in [1.54, 1.807) is 25.1 Å². The van der Waals surface area contributed by atoms with E-state index in [9.17, 15) is 23.1 Å². The molecule has 2 aromatic rings. The number of aliphatic hydroxyl groups is 1. The highest BCUT2D eigenvalue weighted by Gasteiger charge is 2.48. The van der Waals surface area contributed by atoms with Gasteiger partial charge in [0.25, 0.3) is 5.91 Å². The van der Waals surface area contributed by atoms with Gasteiger partial charge in [0.05, 0.1) is 30.1 Å². The summed E-state index contributed by atoms with van der Waals surface area (Å²) in [6.07, 6.45) is 6.92. The van der Waals surface area contributed by atoms with Crippen LogP contribution >= 0.6 is 11.6 Å². The van der Waals surface area contributed by atoms with Crippen molar-refractivity contribution in [2.45, 2.75) is 95.1 Å². The third-order valence-corrected chi connectivity index (χ3v) is 16.0. The molecule has 0 radical (unpaired) electrons. The standard InChI is InChI=1S/C43H62ClN5O7S/c1-30-7-6-16-43(52,29-47-20-22-48-21-19-46(26-37(48)27-47)18-15-41(50)55-3)38-13-10-34(38)25-49-17-5-4-8-32-23-36(44)12-9-35(32)28-56-40-14-11-33(24-39(40)49)42(51)45-57(53,54)31(30)2/h9,11-12,14,23-24,30-31,34,37-38,52H,4-8,10,13,15-22,25-29H2,1-3H3,(H,45,51)/t30-,31+,34-,37-,38+,43+/m0/s1. The van der Waals surface area contributed by atoms with E-state index in [4.69, 9.17) is 21.1 Å². The Kier molecular flexibility index (Phi) is 13.4. The first-order chi connectivity index (χ1) is 27.3. The summed E-state index contributed by atoms with van der Waals surface area (Å²) in [5.74, 6) is -0.105. The second-order valence-electron chi connectivity index (χ2n) is 17.4. The van der Waals surface area contributed by atoms with Crippen LogP contribution in [0.1, 0.15) is 86.7 Å². The molecule has 1 amide bonds. The molecule has 2 saturated heterocycles. The van der Waals surface area contributed by atoms with Crippen molar-refractivity contribution in [1.82, 2.24) is 19.4 Å². The van der Waals surface area contributed by atoms with E-state index in [0.29, 0.717) is 68.7 Å². The molecule has 0 aromatic heterocycles. The predicted octanol–water partition coefficient (Wildman–Crippen LogP) is 4.95. The van der Waals surface area contributed by atoms with Crippen molar-refractivity contribution in [2.24, 2.45) is 17.8 Å². The van der Waals surface area contributed by atoms with Crippen molar-refractivity contribution < 1.29 is 32.6 Å². The highest BCUT2D eigenvalue weighted by molar-refractivity contribution is 7.90. The Bertz CT molecular complexity index is 1870. The van der Waals surface area contributed by atoms with Gasteiger partial charge in [0.2, 0.25) is 10.0 Å². The molecule has 4 aliphatic heterocycles. The van der Waals surface area contributed by atoms with Gasteiger partial charge in [-0.1, -0.05) is 31.0 Å². The molecule has 7 rings (SSSR count). The lowest BCUT2D eigenvalue weighted by Gasteiger charge is -2.53. The van der Waals surface area contributed by atoms with Crippen LogP contribution in [0.4, 0.5) is 5.69 Å². The summed E-state index contributed by atoms with van der Waals surface area (Å²) in [6, 6.07) is 11.5. The lowest BCUT2D eigenvalue weighted by molar-refractivity contribution is -0.141. The third kappa shape index (κ3) is 9.92. The zero-order valence-electron chi connectivity index (χ0n) is 34.0. The Morgan fingerprint density at radius 2 is 1.75 bits per heavy atom. The van der Waals surface area contributed by atoms with Crippen molar-refractivity contribution in [2.75, 3.05) is 77.5 Å². The lowest BCUT2D eigenvalue weighted by Crippen LogP contribution is -2.64. The number of anilines is 1. The molecular formula is C43H62ClN5O7S. The van der Waals surface area contributed by atoms with E-state index in [1.807, 2.05) is 25.1 Å². The molecular weight excluding hydrogens is 766 g/mol. The number of esters is 1. The maximum atomic E-state index is 13.6. The number of nitrogens with one attached hydrogen (secondary N) is 1. The van der Waals surface area contributed by atoms with Crippen LogP contribution in [-0.4, -0.2) is 130 Å². The molecule has 14 heteroatoms. The normalized spacial score (nSPS) is 30.6. The van der Waals surface area contributed by atoms with Crippen molar-refractivity contribution in [3.8, 4) is 5.75 Å². The van der Waals surface area contributed by atoms with E-state index < -0.39 is 26.8 Å². The molecule has 0 spiro atoms. The minimum atomic E-state index is -3.98. The number of β-amino-alcohol motifs (C(OH)–C–C–N with tert-alkyl or cyclic N) is 1. The number of rotatable bonds is 5. The average molecular weight is 829 g/mol. The van der Waals surface area contributed by atoms with E-state index in [0.717, 1.165) is 89.2 Å². The number of carbonyl (C=O) groups excluding carboxylic acids is 2. The second-order valence-corrected chi connectivity index (χ2v) is 19.9. The number of methoxy groups -OCH3 is 1. The number of ether oxygens (including phenoxy) is 2. The topological polar surface area (TPSA) is 132 Å². The number of halogens is 1. The predicted molar refractivity (Wildman–Crippen MR) is 222 cm³/mol. The van der Waals surface area contributed by atoms with E-state index in [1.165, 1.54) is 12.7 Å². The zero-order chi connectivity index (χ0) is 40.3. The van der Waals surface area contributed by atoms with Crippen molar-refractivity contribution in [3.63, 3.8) is 0 Å². The van der Waals surface area contributed by atoms with E-state index in [2.05, 4.69) is 24.3 Å². The second kappa shape index (κ2) is 18.1. The first kappa shape index (κ1) is 42.2. The minimum absolute atomic E-state index is 0.0724. The molecule has 1 aliphatic carbocycles. The number of amides is 1. The SMILES string of the molecule is COC(=O)CCN1CCN2CCN(C[C@]3(O)CCC[C@H](C)[C@@H](C)S(=O)(=O)NC(=O)c4ccc5c(c4)N(CCCCc4cc(Cl)ccc4CO5)C[C@@H]4CC[C@H]43)C[C@@H]2C1. The van der Waals surface area contributed by atoms with Crippen molar-refractivity contribution >= 4 is 39.2 Å². The summed E-state index contributed by atoms with van der Waals surface area (Å²) in [7, 11) is -2.55. The smallest absolute Gasteiger partial charge is 0.306 e. The van der Waals surface area contributed by atoms with Crippen LogP contribution in [0.15, 0.2) is 36.4 Å². The fourth-order valence-corrected chi connectivity index (χ4v) is 11.5. The first-order valence-corrected chi connectivity index (χ1v) is 23.1. The molecule has 2 bridgehead atoms. The van der Waals surface area contributed by atoms with Crippen LogP contribution in [0.3, 0.4) is 0 Å². The molecule has 6 atom stereocenters. The number of hydrogen-bond donors (Lipinski definition) is 2. The minimum Gasteiger partial charge on any atom is -0.487 e. The van der Waals surface area contributed by atoms with Crippen molar-refractivity contribution in [3.05, 3.63) is 58.1 Å². The highest BCUT2D eigenvalue weighted by Crippen LogP contribution is 2.47. The molecule has 12 nitrogen and oxygen atoms in total. The summed E-state index contributed by atoms with van der Waals surface area (Å²) in [5.41, 5.74) is 2.32. The number of benzene rings is 2. The van der Waals surface area contributed by atoms with Crippen LogP contribution in [0, 0.1) is 17.8 Å². The number of carbonyl (C=O) groups is 2. The van der Waals surface area contributed by atoms with Crippen LogP contribution in [0.25, 0.3) is 0 Å². The van der Waals surface area contributed by atoms with Gasteiger partial charge in [0.1, 0.15) is 12.4 Å². The Morgan fingerprint density at radius 3 is 2.53 bits per heavy atom. The molecule has 3 fully saturated rings. The largest absolute Gasteiger partial charge is 0.487 e. The Morgan fingerprint density at radius 1 is 0.965 bits per heavy atom.